The predicted octanol–water partition coefficient (Wildman–Crippen LogP) is 3.16. The number of thiophene rings is 1. The summed E-state index contributed by atoms with van der Waals surface area (Å²) in [5.74, 6) is 0.757. The van der Waals surface area contributed by atoms with Crippen molar-refractivity contribution in [2.24, 2.45) is 5.92 Å². The number of amides is 1. The van der Waals surface area contributed by atoms with Gasteiger partial charge in [0, 0.05) is 18.0 Å². The van der Waals surface area contributed by atoms with Crippen molar-refractivity contribution in [2.45, 2.75) is 37.9 Å². The molecule has 1 unspecified atom stereocenters. The summed E-state index contributed by atoms with van der Waals surface area (Å²) in [6.07, 6.45) is 6.40. The number of hydrogen-bond donors (Lipinski definition) is 1. The first-order chi connectivity index (χ1) is 12.5. The van der Waals surface area contributed by atoms with Crippen molar-refractivity contribution in [2.75, 3.05) is 12.3 Å². The van der Waals surface area contributed by atoms with Crippen LogP contribution in [-0.4, -0.2) is 27.8 Å². The van der Waals surface area contributed by atoms with E-state index in [0.29, 0.717) is 24.2 Å². The van der Waals surface area contributed by atoms with Gasteiger partial charge in [-0.1, -0.05) is 30.8 Å². The fourth-order valence-electron chi connectivity index (χ4n) is 3.17. The van der Waals surface area contributed by atoms with E-state index in [1.165, 1.54) is 22.2 Å². The van der Waals surface area contributed by atoms with Crippen molar-refractivity contribution in [1.29, 1.82) is 0 Å². The molecule has 26 heavy (non-hydrogen) atoms. The van der Waals surface area contributed by atoms with E-state index >= 15 is 0 Å². The molecule has 7 heteroatoms. The van der Waals surface area contributed by atoms with E-state index in [4.69, 9.17) is 4.98 Å². The van der Waals surface area contributed by atoms with Gasteiger partial charge in [0.05, 0.1) is 11.1 Å². The first-order valence-electron chi connectivity index (χ1n) is 8.71. The van der Waals surface area contributed by atoms with E-state index in [2.05, 4.69) is 25.4 Å². The Morgan fingerprint density at radius 2 is 2.27 bits per heavy atom. The fourth-order valence-corrected chi connectivity index (χ4v) is 5.43. The van der Waals surface area contributed by atoms with Crippen LogP contribution in [-0.2, 0) is 24.2 Å². The quantitative estimate of drug-likeness (QED) is 0.449. The van der Waals surface area contributed by atoms with Gasteiger partial charge in [-0.3, -0.25) is 14.2 Å². The standard InChI is InChI=1S/C19H23N3O2S2/c1-4-8-20-15(23)11-25-19-21-17-16(18(24)22(19)9-5-2)13-7-6-12(3)10-14(13)26-17/h4-5,12H,1-2,6-11H2,3H3,(H,20,23). The average molecular weight is 390 g/mol. The predicted molar refractivity (Wildman–Crippen MR) is 109 cm³/mol. The summed E-state index contributed by atoms with van der Waals surface area (Å²) < 4.78 is 1.63. The molecule has 0 radical (unpaired) electrons. The van der Waals surface area contributed by atoms with Gasteiger partial charge in [-0.05, 0) is 30.7 Å². The van der Waals surface area contributed by atoms with Crippen molar-refractivity contribution >= 4 is 39.2 Å². The Labute approximate surface area is 161 Å². The Morgan fingerprint density at radius 1 is 1.46 bits per heavy atom. The number of aryl methyl sites for hydroxylation is 1. The van der Waals surface area contributed by atoms with Crippen LogP contribution in [0, 0.1) is 5.92 Å². The highest BCUT2D eigenvalue weighted by atomic mass is 32.2. The Morgan fingerprint density at radius 3 is 3.00 bits per heavy atom. The van der Waals surface area contributed by atoms with Gasteiger partial charge in [0.25, 0.3) is 5.56 Å². The lowest BCUT2D eigenvalue weighted by Crippen LogP contribution is -2.27. The maximum atomic E-state index is 13.1. The summed E-state index contributed by atoms with van der Waals surface area (Å²) in [5.41, 5.74) is 1.16. The average Bonchev–Trinajstić information content (AvgIpc) is 2.98. The normalized spacial score (nSPS) is 16.3. The zero-order chi connectivity index (χ0) is 18.7. The Kier molecular flexibility index (Phi) is 5.98. The molecule has 0 aliphatic heterocycles. The number of fused-ring (bicyclic) bond motifs is 3. The van der Waals surface area contributed by atoms with Crippen LogP contribution in [0.25, 0.3) is 10.2 Å². The molecule has 1 aliphatic carbocycles. The van der Waals surface area contributed by atoms with Gasteiger partial charge < -0.3 is 5.32 Å². The zero-order valence-corrected chi connectivity index (χ0v) is 16.5. The molecule has 2 heterocycles. The molecule has 2 aromatic rings. The second kappa shape index (κ2) is 8.22. The van der Waals surface area contributed by atoms with Crippen molar-refractivity contribution in [3.63, 3.8) is 0 Å². The van der Waals surface area contributed by atoms with E-state index in [1.807, 2.05) is 0 Å². The van der Waals surface area contributed by atoms with E-state index in [-0.39, 0.29) is 17.2 Å². The summed E-state index contributed by atoms with van der Waals surface area (Å²) in [6.45, 7) is 10.4. The molecule has 1 aliphatic rings. The van der Waals surface area contributed by atoms with Crippen molar-refractivity contribution < 1.29 is 4.79 Å². The Hall–Kier alpha value is -1.86. The van der Waals surface area contributed by atoms with Crippen molar-refractivity contribution in [3.8, 4) is 0 Å². The molecule has 1 N–H and O–H groups in total. The van der Waals surface area contributed by atoms with E-state index in [1.54, 1.807) is 28.1 Å². The minimum atomic E-state index is -0.103. The van der Waals surface area contributed by atoms with Crippen molar-refractivity contribution in [1.82, 2.24) is 14.9 Å². The molecular weight excluding hydrogens is 366 g/mol. The number of hydrogen-bond acceptors (Lipinski definition) is 5. The number of carbonyl (C=O) groups is 1. The molecule has 3 rings (SSSR count). The number of allylic oxidation sites excluding steroid dienone is 1. The van der Waals surface area contributed by atoms with E-state index in [9.17, 15) is 9.59 Å². The van der Waals surface area contributed by atoms with Crippen molar-refractivity contribution in [3.05, 3.63) is 46.1 Å². The van der Waals surface area contributed by atoms with Gasteiger partial charge in [0.1, 0.15) is 4.83 Å². The van der Waals surface area contributed by atoms with Crippen LogP contribution in [0.1, 0.15) is 23.8 Å². The molecule has 1 amide bonds. The van der Waals surface area contributed by atoms with Gasteiger partial charge >= 0.3 is 0 Å². The molecule has 0 bridgehead atoms. The maximum Gasteiger partial charge on any atom is 0.263 e. The van der Waals surface area contributed by atoms with Crippen LogP contribution < -0.4 is 10.9 Å². The van der Waals surface area contributed by atoms with Gasteiger partial charge in [-0.15, -0.1) is 24.5 Å². The third-order valence-electron chi connectivity index (χ3n) is 4.47. The molecule has 1 atom stereocenters. The molecule has 5 nitrogen and oxygen atoms in total. The van der Waals surface area contributed by atoms with E-state index in [0.717, 1.165) is 29.5 Å². The lowest BCUT2D eigenvalue weighted by molar-refractivity contribution is -0.118. The second-order valence-corrected chi connectivity index (χ2v) is 8.54. The minimum absolute atomic E-state index is 0.0176. The Balaban J connectivity index is 1.98. The number of nitrogens with zero attached hydrogens (tertiary/aromatic N) is 2. The lowest BCUT2D eigenvalue weighted by Gasteiger charge is -2.17. The summed E-state index contributed by atoms with van der Waals surface area (Å²) in [4.78, 5) is 31.8. The highest BCUT2D eigenvalue weighted by molar-refractivity contribution is 7.99. The molecule has 0 saturated heterocycles. The number of thioether (sulfide) groups is 1. The van der Waals surface area contributed by atoms with Gasteiger partial charge in [0.15, 0.2) is 5.16 Å². The zero-order valence-electron chi connectivity index (χ0n) is 14.9. The summed E-state index contributed by atoms with van der Waals surface area (Å²) in [6, 6.07) is 0. The van der Waals surface area contributed by atoms with Gasteiger partial charge in [-0.2, -0.15) is 0 Å². The van der Waals surface area contributed by atoms with Crippen LogP contribution in [0.3, 0.4) is 0 Å². The van der Waals surface area contributed by atoms with Crippen LogP contribution in [0.5, 0.6) is 0 Å². The number of rotatable bonds is 7. The molecule has 0 spiro atoms. The van der Waals surface area contributed by atoms with E-state index < -0.39 is 0 Å². The maximum absolute atomic E-state index is 13.1. The molecule has 0 aromatic carbocycles. The third kappa shape index (κ3) is 3.78. The van der Waals surface area contributed by atoms with Crippen LogP contribution in [0.2, 0.25) is 0 Å². The molecule has 0 saturated carbocycles. The molecular formula is C19H23N3O2S2. The Bertz CT molecular complexity index is 914. The molecule has 2 aromatic heterocycles. The third-order valence-corrected chi connectivity index (χ3v) is 6.59. The van der Waals surface area contributed by atoms with Crippen LogP contribution >= 0.6 is 23.1 Å². The molecule has 138 valence electrons. The largest absolute Gasteiger partial charge is 0.352 e. The summed E-state index contributed by atoms with van der Waals surface area (Å²) >= 11 is 2.91. The van der Waals surface area contributed by atoms with Gasteiger partial charge in [-0.25, -0.2) is 4.98 Å². The van der Waals surface area contributed by atoms with Gasteiger partial charge in [0.2, 0.25) is 5.91 Å². The number of carbonyl (C=O) groups excluding carboxylic acids is 1. The summed E-state index contributed by atoms with van der Waals surface area (Å²) in [7, 11) is 0. The topological polar surface area (TPSA) is 64.0 Å². The number of aromatic nitrogens is 2. The summed E-state index contributed by atoms with van der Waals surface area (Å²) in [5, 5.41) is 4.08. The second-order valence-electron chi connectivity index (χ2n) is 6.51. The van der Waals surface area contributed by atoms with Crippen LogP contribution in [0.15, 0.2) is 35.3 Å². The monoisotopic (exact) mass is 389 g/mol. The van der Waals surface area contributed by atoms with Crippen LogP contribution in [0.4, 0.5) is 0 Å². The first-order valence-corrected chi connectivity index (χ1v) is 10.5. The lowest BCUT2D eigenvalue weighted by atomic mass is 9.89. The highest BCUT2D eigenvalue weighted by Gasteiger charge is 2.24. The minimum Gasteiger partial charge on any atom is -0.352 e. The SMILES string of the molecule is C=CCNC(=O)CSc1nc2sc3c(c2c(=O)n1CC=C)CCC(C)C3. The first kappa shape index (κ1) is 18.9. The number of nitrogens with one attached hydrogen (secondary N) is 1. The highest BCUT2D eigenvalue weighted by Crippen LogP contribution is 2.36. The smallest absolute Gasteiger partial charge is 0.263 e. The molecule has 0 fully saturated rings. The fraction of sp³-hybridized carbons (Fsp3) is 0.421.